The lowest BCUT2D eigenvalue weighted by molar-refractivity contribution is -0.152. The molecule has 0 heterocycles. The molecule has 0 spiro atoms. The number of esters is 4. The van der Waals surface area contributed by atoms with Gasteiger partial charge in [0.2, 0.25) is 0 Å². The monoisotopic (exact) mass is 955 g/mol. The van der Waals surface area contributed by atoms with Crippen molar-refractivity contribution >= 4 is 34.6 Å². The summed E-state index contributed by atoms with van der Waals surface area (Å²) in [6, 6.07) is 26.4. The average molecular weight is 955 g/mol. The van der Waals surface area contributed by atoms with Crippen LogP contribution in [0.5, 0.6) is 5.75 Å². The van der Waals surface area contributed by atoms with Crippen molar-refractivity contribution in [2.75, 3.05) is 13.2 Å². The van der Waals surface area contributed by atoms with Gasteiger partial charge in [-0.2, -0.15) is 0 Å². The van der Waals surface area contributed by atoms with E-state index < -0.39 is 17.5 Å². The van der Waals surface area contributed by atoms with E-state index in [9.17, 15) is 19.2 Å². The largest absolute Gasteiger partial charge is 0.465 e. The second-order valence-electron chi connectivity index (χ2n) is 19.9. The molecule has 0 unspecified atom stereocenters. The number of fused-ring (bicyclic) bond motifs is 1. The Bertz CT molecular complexity index is 2610. The third-order valence-corrected chi connectivity index (χ3v) is 15.0. The van der Waals surface area contributed by atoms with Gasteiger partial charge in [-0.3, -0.25) is 9.59 Å². The first-order valence-electron chi connectivity index (χ1n) is 26.3. The molecule has 370 valence electrons. The van der Waals surface area contributed by atoms with Crippen molar-refractivity contribution in [2.45, 2.75) is 141 Å². The van der Waals surface area contributed by atoms with Gasteiger partial charge < -0.3 is 18.9 Å². The van der Waals surface area contributed by atoms with Gasteiger partial charge in [-0.1, -0.05) is 87.8 Å². The highest BCUT2D eigenvalue weighted by Gasteiger charge is 2.41. The first-order valence-corrected chi connectivity index (χ1v) is 26.3. The first-order chi connectivity index (χ1) is 34.6. The topological polar surface area (TPSA) is 105 Å². The third kappa shape index (κ3) is 15.7. The number of ether oxygens (including phenoxy) is 4. The van der Waals surface area contributed by atoms with Crippen molar-refractivity contribution in [3.63, 3.8) is 0 Å². The zero-order chi connectivity index (χ0) is 49.8. The standard InChI is InChI=1S/C63H70O8/c1-4-7-10-13-47-24-26-51(27-25-47)52-37-40-63(41-38-52,39-36-50-22-20-49(21-23-50)19-18-48-16-14-46(5-2)15-17-48)71-62(67)57-33-32-56-45-58(35-34-55(56)44-57)70-61(66)54-30-28-53(29-31-54)60(65)69-43-12-9-8-11-42-68-59(64)6-3/h2,6,14-17,20-23,32-35,44-45,47,51-54H,3-4,7-13,24-31,37-38,40-43H2,1H3. The third-order valence-electron chi connectivity index (χ3n) is 15.0. The quantitative estimate of drug-likeness (QED) is 0.0242. The lowest BCUT2D eigenvalue weighted by atomic mass is 9.67. The molecule has 0 N–H and O–H groups in total. The average Bonchev–Trinajstić information content (AvgIpc) is 3.41. The van der Waals surface area contributed by atoms with Gasteiger partial charge in [0.25, 0.3) is 0 Å². The van der Waals surface area contributed by atoms with Gasteiger partial charge in [0.15, 0.2) is 5.60 Å². The number of hydrogen-bond donors (Lipinski definition) is 0. The molecule has 0 radical (unpaired) electrons. The van der Waals surface area contributed by atoms with Crippen LogP contribution in [0.2, 0.25) is 0 Å². The Balaban J connectivity index is 0.935. The van der Waals surface area contributed by atoms with Crippen LogP contribution in [0, 0.1) is 65.6 Å². The molecular formula is C63H70O8. The molecule has 0 saturated heterocycles. The van der Waals surface area contributed by atoms with E-state index in [1.165, 1.54) is 51.4 Å². The summed E-state index contributed by atoms with van der Waals surface area (Å²) in [5, 5.41) is 1.66. The summed E-state index contributed by atoms with van der Waals surface area (Å²) in [6.45, 7) is 6.37. The van der Waals surface area contributed by atoms with Crippen molar-refractivity contribution < 1.29 is 38.1 Å². The number of benzene rings is 4. The van der Waals surface area contributed by atoms with Crippen LogP contribution in [0.15, 0.2) is 97.6 Å². The van der Waals surface area contributed by atoms with Crippen molar-refractivity contribution in [3.05, 3.63) is 125 Å². The van der Waals surface area contributed by atoms with E-state index in [1.54, 1.807) is 12.1 Å². The Morgan fingerprint density at radius 3 is 1.80 bits per heavy atom. The second kappa shape index (κ2) is 26.6. The maximum Gasteiger partial charge on any atom is 0.339 e. The van der Waals surface area contributed by atoms with Gasteiger partial charge in [-0.05, 0) is 197 Å². The van der Waals surface area contributed by atoms with Gasteiger partial charge in [0.1, 0.15) is 5.75 Å². The summed E-state index contributed by atoms with van der Waals surface area (Å²) in [5.74, 6) is 16.7. The highest BCUT2D eigenvalue weighted by Crippen LogP contribution is 2.45. The normalized spacial score (nSPS) is 21.7. The molecule has 3 aliphatic rings. The summed E-state index contributed by atoms with van der Waals surface area (Å²) in [7, 11) is 0. The zero-order valence-electron chi connectivity index (χ0n) is 41.7. The fourth-order valence-corrected chi connectivity index (χ4v) is 10.6. The van der Waals surface area contributed by atoms with Crippen molar-refractivity contribution in [1.29, 1.82) is 0 Å². The van der Waals surface area contributed by atoms with Crippen LogP contribution >= 0.6 is 0 Å². The summed E-state index contributed by atoms with van der Waals surface area (Å²) >= 11 is 0. The van der Waals surface area contributed by atoms with Crippen molar-refractivity contribution in [2.24, 2.45) is 29.6 Å². The number of unbranched alkanes of at least 4 members (excludes halogenated alkanes) is 5. The molecule has 8 nitrogen and oxygen atoms in total. The molecule has 0 amide bonds. The predicted octanol–water partition coefficient (Wildman–Crippen LogP) is 13.3. The number of hydrogen-bond acceptors (Lipinski definition) is 8. The van der Waals surface area contributed by atoms with Crippen LogP contribution < -0.4 is 4.74 Å². The van der Waals surface area contributed by atoms with Crippen molar-refractivity contribution in [3.8, 4) is 41.8 Å². The van der Waals surface area contributed by atoms with E-state index in [0.717, 1.165) is 89.5 Å². The molecule has 0 aromatic heterocycles. The van der Waals surface area contributed by atoms with Crippen LogP contribution in [0.4, 0.5) is 0 Å². The molecule has 3 fully saturated rings. The van der Waals surface area contributed by atoms with Crippen LogP contribution in [0.25, 0.3) is 10.8 Å². The Labute approximate surface area is 422 Å². The minimum absolute atomic E-state index is 0.209. The number of carbonyl (C=O) groups excluding carboxylic acids is 4. The minimum atomic E-state index is -0.910. The molecule has 4 aromatic carbocycles. The van der Waals surface area contributed by atoms with Gasteiger partial charge in [0, 0.05) is 28.3 Å². The summed E-state index contributed by atoms with van der Waals surface area (Å²) in [6.07, 6.45) is 26.1. The van der Waals surface area contributed by atoms with E-state index >= 15 is 0 Å². The van der Waals surface area contributed by atoms with Crippen LogP contribution in [-0.4, -0.2) is 42.7 Å². The maximum atomic E-state index is 14.1. The Morgan fingerprint density at radius 2 is 1.18 bits per heavy atom. The molecule has 71 heavy (non-hydrogen) atoms. The number of carbonyl (C=O) groups is 4. The minimum Gasteiger partial charge on any atom is -0.465 e. The van der Waals surface area contributed by atoms with E-state index in [0.29, 0.717) is 69.0 Å². The van der Waals surface area contributed by atoms with Gasteiger partial charge in [-0.15, -0.1) is 6.42 Å². The van der Waals surface area contributed by atoms with E-state index in [2.05, 4.69) is 43.1 Å². The first kappa shape index (κ1) is 52.3. The molecule has 0 aliphatic heterocycles. The van der Waals surface area contributed by atoms with Crippen LogP contribution in [0.1, 0.15) is 168 Å². The zero-order valence-corrected chi connectivity index (χ0v) is 41.7. The lowest BCUT2D eigenvalue weighted by Crippen LogP contribution is -2.39. The Hall–Kier alpha value is -6.56. The van der Waals surface area contributed by atoms with E-state index in [4.69, 9.17) is 25.4 Å². The molecule has 0 bridgehead atoms. The molecular weight excluding hydrogens is 885 g/mol. The summed E-state index contributed by atoms with van der Waals surface area (Å²) in [5.41, 5.74) is 2.96. The van der Waals surface area contributed by atoms with Crippen LogP contribution in [0.3, 0.4) is 0 Å². The summed E-state index contributed by atoms with van der Waals surface area (Å²) in [4.78, 5) is 51.3. The number of rotatable bonds is 18. The second-order valence-corrected chi connectivity index (χ2v) is 19.9. The predicted molar refractivity (Wildman–Crippen MR) is 279 cm³/mol. The highest BCUT2D eigenvalue weighted by atomic mass is 16.6. The lowest BCUT2D eigenvalue weighted by Gasteiger charge is -2.41. The SMILES string of the molecule is C#Cc1ccc(C#Cc2ccc(C#CC3(OC(=O)c4ccc5cc(OC(=O)C6CCC(C(=O)OCCCCCCOC(=O)C=C)CC6)ccc5c4)CCC(C4CCC(CCCCC)CC4)CC3)cc2)cc1. The van der Waals surface area contributed by atoms with E-state index in [1.807, 2.05) is 72.8 Å². The molecule has 7 rings (SSSR count). The smallest absolute Gasteiger partial charge is 0.339 e. The van der Waals surface area contributed by atoms with Gasteiger partial charge in [0.05, 0.1) is 30.6 Å². The Morgan fingerprint density at radius 1 is 0.620 bits per heavy atom. The highest BCUT2D eigenvalue weighted by molar-refractivity contribution is 5.96. The maximum absolute atomic E-state index is 14.1. The summed E-state index contributed by atoms with van der Waals surface area (Å²) < 4.78 is 22.9. The van der Waals surface area contributed by atoms with Gasteiger partial charge >= 0.3 is 23.9 Å². The fourth-order valence-electron chi connectivity index (χ4n) is 10.6. The Kier molecular flexibility index (Phi) is 19.6. The van der Waals surface area contributed by atoms with E-state index in [-0.39, 0.29) is 23.8 Å². The fraction of sp³-hybridized carbons (Fsp3) is 0.460. The molecule has 0 atom stereocenters. The number of terminal acetylenes is 1. The van der Waals surface area contributed by atoms with Gasteiger partial charge in [-0.25, -0.2) is 9.59 Å². The molecule has 8 heteroatoms. The molecule has 3 saturated carbocycles. The molecule has 3 aliphatic carbocycles. The molecule has 4 aromatic rings. The van der Waals surface area contributed by atoms with Crippen LogP contribution in [-0.2, 0) is 28.6 Å². The van der Waals surface area contributed by atoms with Crippen molar-refractivity contribution in [1.82, 2.24) is 0 Å².